The zero-order chi connectivity index (χ0) is 5.98. The lowest BCUT2D eigenvalue weighted by Crippen LogP contribution is -2.35. The summed E-state index contributed by atoms with van der Waals surface area (Å²) in [6, 6.07) is 1.01. The highest BCUT2D eigenvalue weighted by Crippen LogP contribution is 2.06. The number of nitrogens with one attached hydrogen (secondary N) is 1. The second-order valence-corrected chi connectivity index (χ2v) is 2.42. The summed E-state index contributed by atoms with van der Waals surface area (Å²) < 4.78 is 0. The third kappa shape index (κ3) is 1.01. The van der Waals surface area contributed by atoms with Crippen molar-refractivity contribution in [1.29, 1.82) is 0 Å². The smallest absolute Gasteiger partial charge is 0.0216 e. The van der Waals surface area contributed by atoms with E-state index in [0.29, 0.717) is 12.1 Å². The van der Waals surface area contributed by atoms with Crippen LogP contribution in [0.2, 0.25) is 0 Å². The van der Waals surface area contributed by atoms with Crippen LogP contribution in [0.1, 0.15) is 19.8 Å². The van der Waals surface area contributed by atoms with Crippen molar-refractivity contribution in [3.05, 3.63) is 0 Å². The van der Waals surface area contributed by atoms with Crippen molar-refractivity contribution >= 4 is 0 Å². The van der Waals surface area contributed by atoms with Gasteiger partial charge in [0.25, 0.3) is 0 Å². The first-order valence-electron chi connectivity index (χ1n) is 3.33. The van der Waals surface area contributed by atoms with Crippen molar-refractivity contribution in [1.82, 2.24) is 5.32 Å². The molecular weight excluding hydrogens is 100 g/mol. The van der Waals surface area contributed by atoms with Gasteiger partial charge in [0.05, 0.1) is 0 Å². The van der Waals surface area contributed by atoms with Crippen molar-refractivity contribution < 1.29 is 0 Å². The summed E-state index contributed by atoms with van der Waals surface area (Å²) in [5.41, 5.74) is 5.73. The summed E-state index contributed by atoms with van der Waals surface area (Å²) in [7, 11) is 0. The number of rotatable bonds is 1. The minimum Gasteiger partial charge on any atom is -0.326 e. The Kier molecular flexibility index (Phi) is 1.86. The summed E-state index contributed by atoms with van der Waals surface area (Å²) in [4.78, 5) is 0. The van der Waals surface area contributed by atoms with Crippen LogP contribution in [-0.2, 0) is 0 Å². The van der Waals surface area contributed by atoms with E-state index in [9.17, 15) is 0 Å². The zero-order valence-electron chi connectivity index (χ0n) is 5.35. The van der Waals surface area contributed by atoms with Gasteiger partial charge in [0, 0.05) is 12.1 Å². The number of hydrogen-bond donors (Lipinski definition) is 2. The molecule has 1 saturated heterocycles. The molecule has 1 aliphatic heterocycles. The molecule has 0 saturated carbocycles. The molecule has 2 nitrogen and oxygen atoms in total. The van der Waals surface area contributed by atoms with E-state index < -0.39 is 0 Å². The molecule has 1 aliphatic rings. The van der Waals surface area contributed by atoms with Crippen molar-refractivity contribution in [2.45, 2.75) is 31.8 Å². The topological polar surface area (TPSA) is 38.0 Å². The number of hydrogen-bond acceptors (Lipinski definition) is 2. The lowest BCUT2D eigenvalue weighted by atomic mass is 10.1. The van der Waals surface area contributed by atoms with Gasteiger partial charge in [0.1, 0.15) is 0 Å². The maximum Gasteiger partial charge on any atom is 0.0216 e. The SMILES string of the molecule is CC[C@H]1NCC[C@@H]1N. The zero-order valence-corrected chi connectivity index (χ0v) is 5.35. The van der Waals surface area contributed by atoms with Crippen LogP contribution in [0.5, 0.6) is 0 Å². The quantitative estimate of drug-likeness (QED) is 0.507. The highest BCUT2D eigenvalue weighted by Gasteiger charge is 2.20. The molecule has 0 aliphatic carbocycles. The molecule has 2 heteroatoms. The first kappa shape index (κ1) is 6.05. The van der Waals surface area contributed by atoms with Crippen molar-refractivity contribution in [2.24, 2.45) is 5.73 Å². The molecule has 2 atom stereocenters. The van der Waals surface area contributed by atoms with Crippen LogP contribution in [0.15, 0.2) is 0 Å². The van der Waals surface area contributed by atoms with Gasteiger partial charge in [-0.2, -0.15) is 0 Å². The Bertz CT molecular complexity index is 72.9. The summed E-state index contributed by atoms with van der Waals surface area (Å²) >= 11 is 0. The van der Waals surface area contributed by atoms with E-state index >= 15 is 0 Å². The lowest BCUT2D eigenvalue weighted by Gasteiger charge is -2.11. The maximum atomic E-state index is 5.73. The summed E-state index contributed by atoms with van der Waals surface area (Å²) in [5.74, 6) is 0. The first-order chi connectivity index (χ1) is 3.84. The van der Waals surface area contributed by atoms with Crippen LogP contribution in [0, 0.1) is 0 Å². The molecule has 48 valence electrons. The second-order valence-electron chi connectivity index (χ2n) is 2.42. The van der Waals surface area contributed by atoms with Gasteiger partial charge < -0.3 is 11.1 Å². The molecule has 3 N–H and O–H groups in total. The van der Waals surface area contributed by atoms with Crippen LogP contribution >= 0.6 is 0 Å². The lowest BCUT2D eigenvalue weighted by molar-refractivity contribution is 0.527. The molecule has 8 heavy (non-hydrogen) atoms. The van der Waals surface area contributed by atoms with Crippen molar-refractivity contribution in [3.63, 3.8) is 0 Å². The maximum absolute atomic E-state index is 5.73. The molecule has 1 fully saturated rings. The minimum absolute atomic E-state index is 0.417. The summed E-state index contributed by atoms with van der Waals surface area (Å²) in [6.07, 6.45) is 2.32. The molecule has 1 heterocycles. The Hall–Kier alpha value is -0.0800. The van der Waals surface area contributed by atoms with Gasteiger partial charge in [-0.3, -0.25) is 0 Å². The second kappa shape index (κ2) is 2.46. The first-order valence-corrected chi connectivity index (χ1v) is 3.33. The van der Waals surface area contributed by atoms with E-state index in [1.54, 1.807) is 0 Å². The molecule has 0 radical (unpaired) electrons. The molecular formula is C6H14N2. The molecule has 1 rings (SSSR count). The molecule has 0 bridgehead atoms. The van der Waals surface area contributed by atoms with E-state index in [-0.39, 0.29) is 0 Å². The third-order valence-corrected chi connectivity index (χ3v) is 1.84. The van der Waals surface area contributed by atoms with Gasteiger partial charge in [0.2, 0.25) is 0 Å². The Morgan fingerprint density at radius 3 is 2.75 bits per heavy atom. The van der Waals surface area contributed by atoms with Crippen LogP contribution in [-0.4, -0.2) is 18.6 Å². The highest BCUT2D eigenvalue weighted by atomic mass is 15.0. The van der Waals surface area contributed by atoms with E-state index in [0.717, 1.165) is 13.0 Å². The minimum atomic E-state index is 0.417. The number of nitrogens with two attached hydrogens (primary N) is 1. The average molecular weight is 114 g/mol. The Balaban J connectivity index is 2.30. The third-order valence-electron chi connectivity index (χ3n) is 1.84. The van der Waals surface area contributed by atoms with E-state index in [1.165, 1.54) is 6.42 Å². The monoisotopic (exact) mass is 114 g/mol. The fourth-order valence-electron chi connectivity index (χ4n) is 1.24. The van der Waals surface area contributed by atoms with Gasteiger partial charge in [0.15, 0.2) is 0 Å². The Morgan fingerprint density at radius 2 is 2.50 bits per heavy atom. The molecule has 0 aromatic carbocycles. The normalized spacial score (nSPS) is 38.2. The van der Waals surface area contributed by atoms with Crippen molar-refractivity contribution in [2.75, 3.05) is 6.54 Å². The molecule has 0 unspecified atom stereocenters. The predicted molar refractivity (Wildman–Crippen MR) is 34.7 cm³/mol. The fraction of sp³-hybridized carbons (Fsp3) is 1.00. The standard InChI is InChI=1S/C6H14N2/c1-2-6-5(7)3-4-8-6/h5-6,8H,2-4,7H2,1H3/t5-,6+/m0/s1. The van der Waals surface area contributed by atoms with E-state index in [2.05, 4.69) is 12.2 Å². The van der Waals surface area contributed by atoms with Gasteiger partial charge in [-0.05, 0) is 19.4 Å². The Morgan fingerprint density at radius 1 is 1.75 bits per heavy atom. The Labute approximate surface area is 50.4 Å². The molecule has 0 amide bonds. The fourth-order valence-corrected chi connectivity index (χ4v) is 1.24. The van der Waals surface area contributed by atoms with E-state index in [1.807, 2.05) is 0 Å². The van der Waals surface area contributed by atoms with Gasteiger partial charge in [-0.25, -0.2) is 0 Å². The van der Waals surface area contributed by atoms with Crippen LogP contribution in [0.25, 0.3) is 0 Å². The van der Waals surface area contributed by atoms with Crippen molar-refractivity contribution in [3.8, 4) is 0 Å². The van der Waals surface area contributed by atoms with Gasteiger partial charge >= 0.3 is 0 Å². The van der Waals surface area contributed by atoms with Crippen LogP contribution < -0.4 is 11.1 Å². The van der Waals surface area contributed by atoms with Gasteiger partial charge in [-0.1, -0.05) is 6.92 Å². The molecule has 0 aromatic rings. The largest absolute Gasteiger partial charge is 0.326 e. The predicted octanol–water partition coefficient (Wildman–Crippen LogP) is 0.0856. The van der Waals surface area contributed by atoms with Crippen LogP contribution in [0.3, 0.4) is 0 Å². The summed E-state index contributed by atoms with van der Waals surface area (Å²) in [6.45, 7) is 3.28. The molecule has 0 aromatic heterocycles. The highest BCUT2D eigenvalue weighted by molar-refractivity contribution is 4.84. The summed E-state index contributed by atoms with van der Waals surface area (Å²) in [5, 5.41) is 3.33. The van der Waals surface area contributed by atoms with Crippen LogP contribution in [0.4, 0.5) is 0 Å². The van der Waals surface area contributed by atoms with Gasteiger partial charge in [-0.15, -0.1) is 0 Å². The average Bonchev–Trinajstić information content (AvgIpc) is 2.14. The van der Waals surface area contributed by atoms with E-state index in [4.69, 9.17) is 5.73 Å². The molecule has 0 spiro atoms.